The monoisotopic (exact) mass is 461 g/mol. The minimum atomic E-state index is -1.01. The topological polar surface area (TPSA) is 152 Å². The first-order valence-corrected chi connectivity index (χ1v) is 11.2. The predicted molar refractivity (Wildman–Crippen MR) is 120 cm³/mol. The number of nitrogens with one attached hydrogen (secondary N) is 2. The fourth-order valence-corrected chi connectivity index (χ4v) is 5.20. The van der Waals surface area contributed by atoms with Crippen molar-refractivity contribution in [2.45, 2.75) is 50.1 Å². The first-order valence-electron chi connectivity index (χ1n) is 11.2. The van der Waals surface area contributed by atoms with Gasteiger partial charge in [-0.05, 0) is 55.4 Å². The van der Waals surface area contributed by atoms with Crippen molar-refractivity contribution in [2.24, 2.45) is 5.73 Å². The molecule has 10 heteroatoms. The first kappa shape index (κ1) is 21.7. The van der Waals surface area contributed by atoms with Gasteiger partial charge in [0.05, 0.1) is 11.1 Å². The molecule has 3 unspecified atom stereocenters. The fraction of sp³-hybridized carbons (Fsp3) is 0.333. The van der Waals surface area contributed by atoms with Crippen LogP contribution in [0.25, 0.3) is 0 Å². The van der Waals surface area contributed by atoms with Crippen LogP contribution in [0.1, 0.15) is 74.8 Å². The molecule has 1 aromatic heterocycles. The van der Waals surface area contributed by atoms with Crippen LogP contribution in [-0.2, 0) is 9.59 Å². The van der Waals surface area contributed by atoms with Crippen LogP contribution >= 0.6 is 0 Å². The molecule has 174 valence electrons. The highest BCUT2D eigenvalue weighted by atomic mass is 16.2. The smallest absolute Gasteiger partial charge is 0.267 e. The first-order chi connectivity index (χ1) is 16.3. The fourth-order valence-electron chi connectivity index (χ4n) is 5.20. The molecule has 4 N–H and O–H groups in total. The molecule has 3 aliphatic rings. The van der Waals surface area contributed by atoms with E-state index in [2.05, 4.69) is 15.6 Å². The lowest BCUT2D eigenvalue weighted by Crippen LogP contribution is -2.54. The van der Waals surface area contributed by atoms with Crippen LogP contribution in [0.5, 0.6) is 0 Å². The van der Waals surface area contributed by atoms with Gasteiger partial charge in [-0.3, -0.25) is 39.2 Å². The van der Waals surface area contributed by atoms with Gasteiger partial charge in [-0.2, -0.15) is 0 Å². The van der Waals surface area contributed by atoms with Crippen molar-refractivity contribution in [1.29, 1.82) is 0 Å². The van der Waals surface area contributed by atoms with Crippen molar-refractivity contribution in [3.8, 4) is 0 Å². The third kappa shape index (κ3) is 3.60. The number of carbonyl (C=O) groups excluding carboxylic acids is 5. The van der Waals surface area contributed by atoms with E-state index in [9.17, 15) is 24.0 Å². The van der Waals surface area contributed by atoms with E-state index in [4.69, 9.17) is 5.73 Å². The summed E-state index contributed by atoms with van der Waals surface area (Å²) in [5.41, 5.74) is 7.56. The summed E-state index contributed by atoms with van der Waals surface area (Å²) in [6, 6.07) is 7.64. The normalized spacial score (nSPS) is 24.2. The third-order valence-corrected chi connectivity index (χ3v) is 6.77. The number of primary amides is 1. The van der Waals surface area contributed by atoms with E-state index in [0.717, 1.165) is 23.3 Å². The van der Waals surface area contributed by atoms with Crippen molar-refractivity contribution in [1.82, 2.24) is 15.2 Å². The van der Waals surface area contributed by atoms with Crippen LogP contribution in [0.3, 0.4) is 0 Å². The number of anilines is 1. The number of fused-ring (bicyclic) bond motifs is 1. The third-order valence-electron chi connectivity index (χ3n) is 6.77. The SMILES string of the molecule is NC(=O)c1ncccc1C1CCC(Nc2cccc3c2C(=O)N(C2CCC(=O)NC2=O)C3=O)C1. The Hall–Kier alpha value is -4.08. The number of carbonyl (C=O) groups is 5. The number of imide groups is 2. The second-order valence-electron chi connectivity index (χ2n) is 8.83. The Balaban J connectivity index is 1.36. The van der Waals surface area contributed by atoms with Gasteiger partial charge in [-0.1, -0.05) is 12.1 Å². The van der Waals surface area contributed by atoms with Gasteiger partial charge in [-0.25, -0.2) is 0 Å². The molecule has 5 rings (SSSR count). The lowest BCUT2D eigenvalue weighted by atomic mass is 9.95. The highest BCUT2D eigenvalue weighted by molar-refractivity contribution is 6.25. The second kappa shape index (κ2) is 8.36. The molecule has 3 atom stereocenters. The van der Waals surface area contributed by atoms with Crippen molar-refractivity contribution in [3.63, 3.8) is 0 Å². The average Bonchev–Trinajstić information content (AvgIpc) is 3.37. The summed E-state index contributed by atoms with van der Waals surface area (Å²) in [4.78, 5) is 67.0. The van der Waals surface area contributed by atoms with Gasteiger partial charge in [-0.15, -0.1) is 0 Å². The van der Waals surface area contributed by atoms with Crippen molar-refractivity contribution < 1.29 is 24.0 Å². The number of hydrogen-bond acceptors (Lipinski definition) is 7. The zero-order valence-electron chi connectivity index (χ0n) is 18.2. The summed E-state index contributed by atoms with van der Waals surface area (Å²) in [7, 11) is 0. The molecule has 1 aromatic carbocycles. The van der Waals surface area contributed by atoms with Crippen molar-refractivity contribution in [2.75, 3.05) is 5.32 Å². The van der Waals surface area contributed by atoms with Crippen LogP contribution in [-0.4, -0.2) is 51.5 Å². The molecule has 0 radical (unpaired) electrons. The van der Waals surface area contributed by atoms with Crippen molar-refractivity contribution >= 4 is 35.2 Å². The maximum absolute atomic E-state index is 13.3. The van der Waals surface area contributed by atoms with Gasteiger partial charge in [0.2, 0.25) is 11.8 Å². The number of amides is 5. The van der Waals surface area contributed by atoms with Gasteiger partial charge in [0.15, 0.2) is 0 Å². The molecule has 5 amide bonds. The van der Waals surface area contributed by atoms with Crippen LogP contribution < -0.4 is 16.4 Å². The molecule has 2 fully saturated rings. The molecular weight excluding hydrogens is 438 g/mol. The van der Waals surface area contributed by atoms with Gasteiger partial charge >= 0.3 is 0 Å². The minimum Gasteiger partial charge on any atom is -0.382 e. The number of nitrogens with two attached hydrogens (primary N) is 1. The Morgan fingerprint density at radius 2 is 1.88 bits per heavy atom. The van der Waals surface area contributed by atoms with E-state index in [1.54, 1.807) is 30.5 Å². The standard InChI is InChI=1S/C24H23N5O5/c25-21(31)20-14(4-2-10-26-20)12-6-7-13(11-12)27-16-5-1-3-15-19(16)24(34)29(23(15)33)17-8-9-18(30)28-22(17)32/h1-5,10,12-13,17,27H,6-9,11H2,(H2,25,31)(H,28,30,32). The van der Waals surface area contributed by atoms with Crippen LogP contribution in [0, 0.1) is 0 Å². The van der Waals surface area contributed by atoms with Crippen molar-refractivity contribution in [3.05, 3.63) is 58.9 Å². The van der Waals surface area contributed by atoms with Crippen LogP contribution in [0.2, 0.25) is 0 Å². The zero-order chi connectivity index (χ0) is 24.0. The number of hydrogen-bond donors (Lipinski definition) is 3. The molecular formula is C24H23N5O5. The summed E-state index contributed by atoms with van der Waals surface area (Å²) in [5, 5.41) is 5.59. The molecule has 34 heavy (non-hydrogen) atoms. The molecule has 1 saturated carbocycles. The highest BCUT2D eigenvalue weighted by Gasteiger charge is 2.45. The van der Waals surface area contributed by atoms with E-state index < -0.39 is 35.6 Å². The van der Waals surface area contributed by atoms with E-state index in [1.807, 2.05) is 6.07 Å². The van der Waals surface area contributed by atoms with E-state index in [0.29, 0.717) is 12.1 Å². The largest absolute Gasteiger partial charge is 0.382 e. The van der Waals surface area contributed by atoms with E-state index in [-0.39, 0.29) is 41.6 Å². The Morgan fingerprint density at radius 1 is 1.06 bits per heavy atom. The molecule has 1 saturated heterocycles. The molecule has 2 aliphatic heterocycles. The predicted octanol–water partition coefficient (Wildman–Crippen LogP) is 1.33. The van der Waals surface area contributed by atoms with Crippen LogP contribution in [0.15, 0.2) is 36.5 Å². The summed E-state index contributed by atoms with van der Waals surface area (Å²) < 4.78 is 0. The summed E-state index contributed by atoms with van der Waals surface area (Å²) in [6.07, 6.45) is 4.03. The minimum absolute atomic E-state index is 0.00462. The average molecular weight is 461 g/mol. The highest BCUT2D eigenvalue weighted by Crippen LogP contribution is 2.39. The number of nitrogens with zero attached hydrogens (tertiary/aromatic N) is 2. The molecule has 2 aromatic rings. The Bertz CT molecular complexity index is 1240. The Kier molecular flexibility index (Phi) is 5.35. The number of piperidine rings is 1. The number of benzene rings is 1. The number of pyridine rings is 1. The molecule has 0 bridgehead atoms. The van der Waals surface area contributed by atoms with Gasteiger partial charge in [0.1, 0.15) is 11.7 Å². The maximum Gasteiger partial charge on any atom is 0.267 e. The van der Waals surface area contributed by atoms with E-state index >= 15 is 0 Å². The quantitative estimate of drug-likeness (QED) is 0.568. The Morgan fingerprint density at radius 3 is 2.65 bits per heavy atom. The maximum atomic E-state index is 13.3. The molecule has 10 nitrogen and oxygen atoms in total. The Labute approximate surface area is 194 Å². The summed E-state index contributed by atoms with van der Waals surface area (Å²) in [6.45, 7) is 0. The lowest BCUT2D eigenvalue weighted by Gasteiger charge is -2.28. The van der Waals surface area contributed by atoms with Gasteiger partial charge in [0, 0.05) is 24.3 Å². The number of rotatable bonds is 5. The van der Waals surface area contributed by atoms with Gasteiger partial charge in [0.25, 0.3) is 17.7 Å². The zero-order valence-corrected chi connectivity index (χ0v) is 18.2. The summed E-state index contributed by atoms with van der Waals surface area (Å²) >= 11 is 0. The lowest BCUT2D eigenvalue weighted by molar-refractivity contribution is -0.136. The molecule has 3 heterocycles. The molecule has 0 spiro atoms. The summed E-state index contributed by atoms with van der Waals surface area (Å²) in [5.74, 6) is -2.61. The van der Waals surface area contributed by atoms with Crippen LogP contribution in [0.4, 0.5) is 5.69 Å². The van der Waals surface area contributed by atoms with E-state index in [1.165, 1.54) is 0 Å². The molecule has 1 aliphatic carbocycles. The second-order valence-corrected chi connectivity index (χ2v) is 8.83. The number of aromatic nitrogens is 1. The van der Waals surface area contributed by atoms with Gasteiger partial charge < -0.3 is 11.1 Å².